The van der Waals surface area contributed by atoms with E-state index in [0.717, 1.165) is 62.1 Å². The summed E-state index contributed by atoms with van der Waals surface area (Å²) in [6.07, 6.45) is 10.7. The van der Waals surface area contributed by atoms with Gasteiger partial charge in [-0.3, -0.25) is 0 Å². The number of hydrogen-bond donors (Lipinski definition) is 0. The van der Waals surface area contributed by atoms with E-state index in [9.17, 15) is 45.7 Å². The average molecular weight is 931 g/mol. The number of aromatic carboxylic acids is 2. The number of anilines is 3. The summed E-state index contributed by atoms with van der Waals surface area (Å²) in [4.78, 5) is 28.3. The molecule has 7 rings (SSSR count). The van der Waals surface area contributed by atoms with Gasteiger partial charge in [-0.2, -0.15) is 4.58 Å². The van der Waals surface area contributed by atoms with Crippen LogP contribution in [0.5, 0.6) is 0 Å². The number of hydrogen-bond acceptors (Lipinski definition) is 12. The number of rotatable bonds is 18. The predicted molar refractivity (Wildman–Crippen MR) is 249 cm³/mol. The van der Waals surface area contributed by atoms with Crippen molar-refractivity contribution < 1.29 is 50.3 Å². The molecule has 2 heterocycles. The number of para-hydroxylation sites is 2. The number of carboxylic acids is 2. The molecule has 0 spiro atoms. The van der Waals surface area contributed by atoms with Crippen LogP contribution in [-0.4, -0.2) is 72.8 Å². The molecular weight excluding hydrogens is 879 g/mol. The Hall–Kier alpha value is -6.13. The molecule has 3 aliphatic rings. The highest BCUT2D eigenvalue weighted by Crippen LogP contribution is 2.49. The summed E-state index contributed by atoms with van der Waals surface area (Å²) in [5.41, 5.74) is 8.28. The van der Waals surface area contributed by atoms with Crippen LogP contribution in [0.3, 0.4) is 0 Å². The Balaban J connectivity index is 1.38. The smallest absolute Gasteiger partial charge is 0.209 e. The van der Waals surface area contributed by atoms with E-state index in [4.69, 9.17) is 0 Å². The Morgan fingerprint density at radius 2 is 1.24 bits per heavy atom. The Kier molecular flexibility index (Phi) is 13.8. The van der Waals surface area contributed by atoms with Crippen molar-refractivity contribution in [1.82, 2.24) is 0 Å². The molecule has 0 bridgehead atoms. The maximum atomic E-state index is 12.0. The summed E-state index contributed by atoms with van der Waals surface area (Å²) < 4.78 is 71.0. The lowest BCUT2D eigenvalue weighted by molar-refractivity contribution is -0.438. The Bertz CT molecular complexity index is 2890. The second-order valence-electron chi connectivity index (χ2n) is 17.9. The minimum absolute atomic E-state index is 0.0392. The van der Waals surface area contributed by atoms with E-state index >= 15 is 0 Å². The standard InChI is InChI=1S/C51H55N3O10S2/c1-50(2)41-33-37(48(55)56)21-25-43(41)52(29-11-13-31-65(59,60)61)45(50)27-23-35-19-20-36(47(35)54(39-15-7-5-8-16-39)40-17-9-6-10-18-40)24-28-46-51(3,4)42-34-38(49(57)58)22-26-44(42)53(46)30-12-14-32-66(62,63)64/h5-10,15-18,21-28,33-34H,11-14,19-20,29-32H2,1-4H3,(H3-,55,56,57,58,59,60,61,62,63,64)/p-3. The van der Waals surface area contributed by atoms with Crippen molar-refractivity contribution in [2.75, 3.05) is 34.4 Å². The van der Waals surface area contributed by atoms with Gasteiger partial charge in [-0.25, -0.2) is 16.8 Å². The second kappa shape index (κ2) is 19.0. The first-order valence-electron chi connectivity index (χ1n) is 21.9. The van der Waals surface area contributed by atoms with Gasteiger partial charge >= 0.3 is 0 Å². The highest BCUT2D eigenvalue weighted by atomic mass is 32.2. The lowest BCUT2D eigenvalue weighted by Gasteiger charge is -2.29. The van der Waals surface area contributed by atoms with Crippen molar-refractivity contribution in [3.8, 4) is 0 Å². The van der Waals surface area contributed by atoms with Gasteiger partial charge in [0.1, 0.15) is 6.54 Å². The number of benzene rings is 4. The van der Waals surface area contributed by atoms with Crippen molar-refractivity contribution in [1.29, 1.82) is 0 Å². The van der Waals surface area contributed by atoms with Gasteiger partial charge in [0.05, 0.1) is 43.3 Å². The monoisotopic (exact) mass is 930 g/mol. The van der Waals surface area contributed by atoms with Gasteiger partial charge in [-0.15, -0.1) is 0 Å². The van der Waals surface area contributed by atoms with Gasteiger partial charge < -0.3 is 38.7 Å². The van der Waals surface area contributed by atoms with Crippen LogP contribution in [0.1, 0.15) is 98.1 Å². The third kappa shape index (κ3) is 10.3. The quantitative estimate of drug-likeness (QED) is 0.0597. The summed E-state index contributed by atoms with van der Waals surface area (Å²) in [6.45, 7) is 8.81. The van der Waals surface area contributed by atoms with Crippen LogP contribution >= 0.6 is 0 Å². The van der Waals surface area contributed by atoms with E-state index in [2.05, 4.69) is 26.5 Å². The molecule has 0 radical (unpaired) electrons. The topological polar surface area (TPSA) is 204 Å². The lowest BCUT2D eigenvalue weighted by Crippen LogP contribution is -2.28. The van der Waals surface area contributed by atoms with Gasteiger partial charge in [0.25, 0.3) is 0 Å². The van der Waals surface area contributed by atoms with Gasteiger partial charge in [-0.1, -0.05) is 68.5 Å². The fourth-order valence-electron chi connectivity index (χ4n) is 9.43. The first kappa shape index (κ1) is 47.8. The molecule has 0 aromatic heterocycles. The molecule has 0 atom stereocenters. The van der Waals surface area contributed by atoms with E-state index < -0.39 is 54.5 Å². The summed E-state index contributed by atoms with van der Waals surface area (Å²) in [6, 6.07) is 29.7. The Morgan fingerprint density at radius 3 is 1.82 bits per heavy atom. The third-order valence-corrected chi connectivity index (χ3v) is 14.3. The van der Waals surface area contributed by atoms with E-state index in [1.54, 1.807) is 24.3 Å². The highest BCUT2D eigenvalue weighted by Gasteiger charge is 2.45. The average Bonchev–Trinajstić information content (AvgIpc) is 3.82. The van der Waals surface area contributed by atoms with Crippen molar-refractivity contribution >= 4 is 60.6 Å². The number of unbranched alkanes of at least 4 members (excludes halogenated alkanes) is 2. The zero-order chi connectivity index (χ0) is 47.6. The number of carbonyl (C=O) groups excluding carboxylic acids is 2. The molecule has 0 N–H and O–H groups in total. The summed E-state index contributed by atoms with van der Waals surface area (Å²) in [7, 11) is -8.81. The maximum absolute atomic E-state index is 12.0. The van der Waals surface area contributed by atoms with Crippen LogP contribution in [0.4, 0.5) is 22.7 Å². The molecular formula is C51H52N3O10S2-3. The van der Waals surface area contributed by atoms with E-state index in [0.29, 0.717) is 38.8 Å². The Labute approximate surface area is 386 Å². The lowest BCUT2D eigenvalue weighted by atomic mass is 9.80. The van der Waals surface area contributed by atoms with Gasteiger partial charge in [0, 0.05) is 70.4 Å². The van der Waals surface area contributed by atoms with Crippen LogP contribution in [0.15, 0.2) is 144 Å². The Morgan fingerprint density at radius 1 is 0.682 bits per heavy atom. The van der Waals surface area contributed by atoms with Crippen molar-refractivity contribution in [2.45, 2.75) is 77.0 Å². The summed E-state index contributed by atoms with van der Waals surface area (Å²) >= 11 is 0. The van der Waals surface area contributed by atoms with Gasteiger partial charge in [0.2, 0.25) is 5.69 Å². The molecule has 2 aliphatic heterocycles. The fraction of sp³-hybridized carbons (Fsp3) is 0.314. The molecule has 0 unspecified atom stereocenters. The maximum Gasteiger partial charge on any atom is 0.209 e. The minimum Gasteiger partial charge on any atom is -0.748 e. The van der Waals surface area contributed by atoms with E-state index in [-0.39, 0.29) is 24.0 Å². The van der Waals surface area contributed by atoms with Crippen molar-refractivity contribution in [3.05, 3.63) is 166 Å². The molecule has 0 amide bonds. The number of fused-ring (bicyclic) bond motifs is 2. The van der Waals surface area contributed by atoms with Crippen LogP contribution in [0.2, 0.25) is 0 Å². The number of allylic oxidation sites excluding steroid dienone is 7. The molecule has 4 aromatic carbocycles. The molecule has 66 heavy (non-hydrogen) atoms. The van der Waals surface area contributed by atoms with Crippen molar-refractivity contribution in [2.24, 2.45) is 0 Å². The van der Waals surface area contributed by atoms with E-state index in [1.807, 2.05) is 101 Å². The molecule has 4 aromatic rings. The third-order valence-electron chi connectivity index (χ3n) is 12.7. The second-order valence-corrected chi connectivity index (χ2v) is 20.9. The summed E-state index contributed by atoms with van der Waals surface area (Å²) in [5, 5.41) is 24.0. The molecule has 15 heteroatoms. The first-order chi connectivity index (χ1) is 31.2. The molecule has 0 fully saturated rings. The number of carbonyl (C=O) groups is 2. The van der Waals surface area contributed by atoms with Crippen LogP contribution < -0.4 is 20.0 Å². The van der Waals surface area contributed by atoms with Crippen LogP contribution in [-0.2, 0) is 31.1 Å². The largest absolute Gasteiger partial charge is 0.748 e. The SMILES string of the molecule is CC1(C)C(/C=C/C2=C(N(c3ccccc3)c3ccccc3)C(=C/C=C3/N(CCCCS(=O)(=O)[O-])c4ccc(C(=O)[O-])cc4C3(C)C)/CC2)=[N+](CCCCS(=O)(=O)[O-])c2ccc(C(=O)[O-])cc21. The van der Waals surface area contributed by atoms with Gasteiger partial charge in [0.15, 0.2) is 5.71 Å². The molecule has 1 aliphatic carbocycles. The zero-order valence-corrected chi connectivity index (χ0v) is 39.0. The minimum atomic E-state index is -4.41. The predicted octanol–water partition coefficient (Wildman–Crippen LogP) is 6.49. The molecule has 0 saturated carbocycles. The summed E-state index contributed by atoms with van der Waals surface area (Å²) in [5.74, 6) is -3.58. The van der Waals surface area contributed by atoms with Crippen LogP contribution in [0, 0.1) is 0 Å². The van der Waals surface area contributed by atoms with Gasteiger partial charge in [-0.05, 0) is 128 Å². The molecule has 0 saturated heterocycles. The first-order valence-corrected chi connectivity index (χ1v) is 25.1. The molecule has 346 valence electrons. The van der Waals surface area contributed by atoms with Crippen LogP contribution in [0.25, 0.3) is 0 Å². The zero-order valence-electron chi connectivity index (χ0n) is 37.4. The number of carboxylic acid groups (broad SMARTS) is 2. The normalized spacial score (nSPS) is 17.9. The molecule has 13 nitrogen and oxygen atoms in total. The highest BCUT2D eigenvalue weighted by molar-refractivity contribution is 7.85. The fourth-order valence-corrected chi connectivity index (χ4v) is 10.5. The van der Waals surface area contributed by atoms with Crippen molar-refractivity contribution in [3.63, 3.8) is 0 Å². The number of nitrogens with zero attached hydrogens (tertiary/aromatic N) is 3. The van der Waals surface area contributed by atoms with E-state index in [1.165, 1.54) is 12.1 Å².